The highest BCUT2D eigenvalue weighted by Crippen LogP contribution is 2.25. The molecular weight excluding hydrogens is 196 g/mol. The van der Waals surface area contributed by atoms with Crippen LogP contribution in [-0.2, 0) is 9.84 Å². The van der Waals surface area contributed by atoms with E-state index in [9.17, 15) is 8.42 Å². The topological polar surface area (TPSA) is 34.1 Å². The molecule has 1 aromatic carbocycles. The Morgan fingerprint density at radius 3 is 2.43 bits per heavy atom. The lowest BCUT2D eigenvalue weighted by Gasteiger charge is -1.97. The van der Waals surface area contributed by atoms with Crippen molar-refractivity contribution in [1.29, 1.82) is 0 Å². The summed E-state index contributed by atoms with van der Waals surface area (Å²) in [5, 5.41) is 0. The molecule has 0 radical (unpaired) electrons. The zero-order valence-electron chi connectivity index (χ0n) is 7.81. The quantitative estimate of drug-likeness (QED) is 0.709. The molecule has 0 atom stereocenters. The minimum absolute atomic E-state index is 0.311. The fourth-order valence-corrected chi connectivity index (χ4v) is 3.18. The van der Waals surface area contributed by atoms with E-state index in [2.05, 4.69) is 0 Å². The van der Waals surface area contributed by atoms with Crippen molar-refractivity contribution in [3.8, 4) is 0 Å². The normalized spacial score (nSPS) is 22.7. The molecule has 1 aliphatic rings. The lowest BCUT2D eigenvalue weighted by Crippen LogP contribution is -1.98. The Bertz CT molecular complexity index is 443. The van der Waals surface area contributed by atoms with Crippen molar-refractivity contribution in [2.75, 3.05) is 5.75 Å². The first-order valence-electron chi connectivity index (χ1n) is 4.67. The van der Waals surface area contributed by atoms with E-state index in [1.807, 2.05) is 30.3 Å². The summed E-state index contributed by atoms with van der Waals surface area (Å²) < 4.78 is 23.0. The molecule has 0 amide bonds. The standard InChI is InChI=1S/C11H12O2S/c12-14(13)8-4-7-11(14)9-10-5-2-1-3-6-10/h1-3,5-6,9H,4,7-8H2. The molecule has 0 aliphatic carbocycles. The highest BCUT2D eigenvalue weighted by molar-refractivity contribution is 7.95. The molecule has 1 heterocycles. The van der Waals surface area contributed by atoms with Gasteiger partial charge >= 0.3 is 0 Å². The second-order valence-electron chi connectivity index (χ2n) is 3.44. The maximum atomic E-state index is 11.5. The Balaban J connectivity index is 2.37. The first-order valence-corrected chi connectivity index (χ1v) is 6.32. The Kier molecular flexibility index (Phi) is 2.42. The third kappa shape index (κ3) is 1.87. The molecule has 0 N–H and O–H groups in total. The van der Waals surface area contributed by atoms with Crippen LogP contribution in [0.1, 0.15) is 18.4 Å². The Labute approximate surface area is 84.2 Å². The monoisotopic (exact) mass is 208 g/mol. The van der Waals surface area contributed by atoms with Gasteiger partial charge in [0.25, 0.3) is 0 Å². The first-order chi connectivity index (χ1) is 6.68. The van der Waals surface area contributed by atoms with Crippen molar-refractivity contribution in [3.05, 3.63) is 40.8 Å². The fraction of sp³-hybridized carbons (Fsp3) is 0.273. The lowest BCUT2D eigenvalue weighted by atomic mass is 10.2. The van der Waals surface area contributed by atoms with Crippen LogP contribution in [-0.4, -0.2) is 14.2 Å². The van der Waals surface area contributed by atoms with Gasteiger partial charge in [0.15, 0.2) is 9.84 Å². The van der Waals surface area contributed by atoms with E-state index in [1.165, 1.54) is 0 Å². The molecule has 1 aromatic rings. The van der Waals surface area contributed by atoms with Gasteiger partial charge in [-0.15, -0.1) is 0 Å². The van der Waals surface area contributed by atoms with E-state index in [4.69, 9.17) is 0 Å². The molecular formula is C11H12O2S. The van der Waals surface area contributed by atoms with Crippen molar-refractivity contribution >= 4 is 15.9 Å². The molecule has 2 nitrogen and oxygen atoms in total. The van der Waals surface area contributed by atoms with Gasteiger partial charge in [-0.05, 0) is 24.5 Å². The zero-order chi connectivity index (χ0) is 10.0. The van der Waals surface area contributed by atoms with E-state index in [0.29, 0.717) is 17.1 Å². The van der Waals surface area contributed by atoms with Crippen LogP contribution in [0.25, 0.3) is 6.08 Å². The first kappa shape index (κ1) is 9.46. The predicted octanol–water partition coefficient (Wildman–Crippen LogP) is 2.24. The molecule has 0 saturated carbocycles. The minimum atomic E-state index is -2.92. The van der Waals surface area contributed by atoms with Crippen LogP contribution in [0.5, 0.6) is 0 Å². The molecule has 0 spiro atoms. The van der Waals surface area contributed by atoms with Gasteiger partial charge in [0.05, 0.1) is 5.75 Å². The van der Waals surface area contributed by atoms with Crippen LogP contribution in [0.2, 0.25) is 0 Å². The minimum Gasteiger partial charge on any atom is -0.224 e. The number of benzene rings is 1. The van der Waals surface area contributed by atoms with E-state index in [0.717, 1.165) is 12.0 Å². The number of rotatable bonds is 1. The fourth-order valence-electron chi connectivity index (χ4n) is 1.62. The molecule has 1 fully saturated rings. The largest absolute Gasteiger partial charge is 0.224 e. The summed E-state index contributed by atoms with van der Waals surface area (Å²) in [7, 11) is -2.92. The molecule has 14 heavy (non-hydrogen) atoms. The summed E-state index contributed by atoms with van der Waals surface area (Å²) in [6.45, 7) is 0. The zero-order valence-corrected chi connectivity index (χ0v) is 8.63. The highest BCUT2D eigenvalue weighted by Gasteiger charge is 2.23. The summed E-state index contributed by atoms with van der Waals surface area (Å²) in [5.41, 5.74) is 0.966. The van der Waals surface area contributed by atoms with E-state index < -0.39 is 9.84 Å². The van der Waals surface area contributed by atoms with Crippen molar-refractivity contribution < 1.29 is 8.42 Å². The number of allylic oxidation sites excluding steroid dienone is 1. The van der Waals surface area contributed by atoms with Gasteiger partial charge in [0.2, 0.25) is 0 Å². The molecule has 1 saturated heterocycles. The van der Waals surface area contributed by atoms with Crippen LogP contribution in [0.15, 0.2) is 35.2 Å². The Hall–Kier alpha value is -1.09. The van der Waals surface area contributed by atoms with Gasteiger partial charge in [-0.1, -0.05) is 30.3 Å². The molecule has 0 bridgehead atoms. The third-order valence-electron chi connectivity index (χ3n) is 2.36. The number of hydrogen-bond acceptors (Lipinski definition) is 2. The average Bonchev–Trinajstić information content (AvgIpc) is 2.48. The second kappa shape index (κ2) is 3.58. The maximum absolute atomic E-state index is 11.5. The van der Waals surface area contributed by atoms with Crippen molar-refractivity contribution in [2.45, 2.75) is 12.8 Å². The number of sulfone groups is 1. The number of hydrogen-bond donors (Lipinski definition) is 0. The van der Waals surface area contributed by atoms with E-state index >= 15 is 0 Å². The van der Waals surface area contributed by atoms with Gasteiger partial charge < -0.3 is 0 Å². The van der Waals surface area contributed by atoms with Gasteiger partial charge in [-0.25, -0.2) is 8.42 Å². The Morgan fingerprint density at radius 1 is 1.14 bits per heavy atom. The van der Waals surface area contributed by atoms with Gasteiger partial charge in [-0.3, -0.25) is 0 Å². The van der Waals surface area contributed by atoms with Gasteiger partial charge in [-0.2, -0.15) is 0 Å². The Morgan fingerprint density at radius 2 is 1.86 bits per heavy atom. The van der Waals surface area contributed by atoms with Crippen LogP contribution < -0.4 is 0 Å². The molecule has 0 aromatic heterocycles. The van der Waals surface area contributed by atoms with Crippen LogP contribution in [0.4, 0.5) is 0 Å². The van der Waals surface area contributed by atoms with Gasteiger partial charge in [0.1, 0.15) is 0 Å². The molecule has 1 aliphatic heterocycles. The average molecular weight is 208 g/mol. The summed E-state index contributed by atoms with van der Waals surface area (Å²) in [5.74, 6) is 0.311. The molecule has 3 heteroatoms. The summed E-state index contributed by atoms with van der Waals surface area (Å²) in [4.78, 5) is 0.587. The third-order valence-corrected chi connectivity index (χ3v) is 4.31. The molecule has 0 unspecified atom stereocenters. The van der Waals surface area contributed by atoms with Crippen molar-refractivity contribution in [2.24, 2.45) is 0 Å². The van der Waals surface area contributed by atoms with Gasteiger partial charge in [0, 0.05) is 4.91 Å². The smallest absolute Gasteiger partial charge is 0.174 e. The van der Waals surface area contributed by atoms with Crippen LogP contribution >= 0.6 is 0 Å². The van der Waals surface area contributed by atoms with Crippen LogP contribution in [0, 0.1) is 0 Å². The highest BCUT2D eigenvalue weighted by atomic mass is 32.2. The predicted molar refractivity (Wildman–Crippen MR) is 57.4 cm³/mol. The summed E-state index contributed by atoms with van der Waals surface area (Å²) >= 11 is 0. The van der Waals surface area contributed by atoms with E-state index in [1.54, 1.807) is 6.08 Å². The molecule has 74 valence electrons. The summed E-state index contributed by atoms with van der Waals surface area (Å²) in [6, 6.07) is 9.58. The van der Waals surface area contributed by atoms with Crippen LogP contribution in [0.3, 0.4) is 0 Å². The maximum Gasteiger partial charge on any atom is 0.174 e. The summed E-state index contributed by atoms with van der Waals surface area (Å²) in [6.07, 6.45) is 3.24. The van der Waals surface area contributed by atoms with Crippen molar-refractivity contribution in [3.63, 3.8) is 0 Å². The molecule has 2 rings (SSSR count). The second-order valence-corrected chi connectivity index (χ2v) is 5.61. The van der Waals surface area contributed by atoms with E-state index in [-0.39, 0.29) is 0 Å². The SMILES string of the molecule is O=S1(=O)CCCC1=Cc1ccccc1. The van der Waals surface area contributed by atoms with Crippen molar-refractivity contribution in [1.82, 2.24) is 0 Å². The lowest BCUT2D eigenvalue weighted by molar-refractivity contribution is 0.606.